The van der Waals surface area contributed by atoms with E-state index in [1.54, 1.807) is 12.1 Å². The van der Waals surface area contributed by atoms with Crippen LogP contribution in [-0.2, 0) is 14.3 Å². The minimum absolute atomic E-state index is 0.0898. The van der Waals surface area contributed by atoms with Crippen molar-refractivity contribution in [1.82, 2.24) is 10.9 Å². The zero-order valence-corrected chi connectivity index (χ0v) is 16.1. The Bertz CT molecular complexity index is 897. The van der Waals surface area contributed by atoms with Crippen LogP contribution in [0.4, 0.5) is 4.39 Å². The molecule has 2 amide bonds. The Balaban J connectivity index is 1.39. The van der Waals surface area contributed by atoms with Crippen LogP contribution in [0.25, 0.3) is 0 Å². The lowest BCUT2D eigenvalue weighted by atomic mass is 10.2. The maximum Gasteiger partial charge on any atom is 0.338 e. The van der Waals surface area contributed by atoms with Crippen LogP contribution in [0, 0.1) is 5.82 Å². The molecule has 8 nitrogen and oxygen atoms in total. The maximum atomic E-state index is 13.5. The lowest BCUT2D eigenvalue weighted by Crippen LogP contribution is -2.43. The number of benzene rings is 2. The van der Waals surface area contributed by atoms with E-state index >= 15 is 0 Å². The summed E-state index contributed by atoms with van der Waals surface area (Å²) >= 11 is 0. The number of nitrogens with one attached hydrogen (secondary N) is 2. The molecule has 1 atom stereocenters. The molecule has 2 aromatic carbocycles. The van der Waals surface area contributed by atoms with Crippen molar-refractivity contribution in [2.45, 2.75) is 18.9 Å². The fraction of sp³-hybridized carbons (Fsp3) is 0.286. The molecule has 1 heterocycles. The number of esters is 1. The molecule has 0 unspecified atom stereocenters. The summed E-state index contributed by atoms with van der Waals surface area (Å²) in [6.45, 7) is 0.579. The van der Waals surface area contributed by atoms with E-state index in [0.29, 0.717) is 12.4 Å². The van der Waals surface area contributed by atoms with Crippen molar-refractivity contribution in [3.05, 3.63) is 65.5 Å². The van der Waals surface area contributed by atoms with Gasteiger partial charge in [-0.15, -0.1) is 0 Å². The first-order chi connectivity index (χ1) is 14.5. The van der Waals surface area contributed by atoms with Crippen LogP contribution in [0.1, 0.15) is 33.6 Å². The van der Waals surface area contributed by atoms with E-state index in [1.165, 1.54) is 30.3 Å². The number of ether oxygens (including phenoxy) is 3. The van der Waals surface area contributed by atoms with Crippen LogP contribution in [0.15, 0.2) is 48.5 Å². The number of hydrazine groups is 1. The van der Waals surface area contributed by atoms with Crippen molar-refractivity contribution in [1.29, 1.82) is 0 Å². The lowest BCUT2D eigenvalue weighted by molar-refractivity contribution is -0.125. The SMILES string of the molecule is O=C(COC(=O)c1ccc(OC[C@@H]2CCCO2)cc1)NNC(=O)c1ccccc1F. The Labute approximate surface area is 172 Å². The molecule has 3 rings (SSSR count). The molecule has 1 aliphatic rings. The standard InChI is InChI=1S/C21H21FN2O6/c22-18-6-2-1-5-17(18)20(26)24-23-19(25)13-30-21(27)14-7-9-15(10-8-14)29-12-16-4-3-11-28-16/h1-2,5-10,16H,3-4,11-13H2,(H,23,25)(H,24,26)/t16-/m0/s1. The summed E-state index contributed by atoms with van der Waals surface area (Å²) in [4.78, 5) is 35.6. The first kappa shape index (κ1) is 21.3. The van der Waals surface area contributed by atoms with Gasteiger partial charge < -0.3 is 14.2 Å². The molecule has 0 saturated carbocycles. The molecule has 0 radical (unpaired) electrons. The summed E-state index contributed by atoms with van der Waals surface area (Å²) in [5.74, 6) is -2.44. The van der Waals surface area contributed by atoms with E-state index in [-0.39, 0.29) is 17.2 Å². The minimum atomic E-state index is -0.827. The largest absolute Gasteiger partial charge is 0.491 e. The molecule has 9 heteroatoms. The van der Waals surface area contributed by atoms with Gasteiger partial charge in [-0.2, -0.15) is 0 Å². The van der Waals surface area contributed by atoms with E-state index in [4.69, 9.17) is 14.2 Å². The van der Waals surface area contributed by atoms with Crippen molar-refractivity contribution >= 4 is 17.8 Å². The zero-order chi connectivity index (χ0) is 21.3. The van der Waals surface area contributed by atoms with Gasteiger partial charge in [0.15, 0.2) is 6.61 Å². The molecule has 0 spiro atoms. The van der Waals surface area contributed by atoms with Crippen molar-refractivity contribution < 1.29 is 33.0 Å². The molecule has 158 valence electrons. The molecular weight excluding hydrogens is 395 g/mol. The number of hydrogen-bond acceptors (Lipinski definition) is 6. The fourth-order valence-electron chi connectivity index (χ4n) is 2.74. The highest BCUT2D eigenvalue weighted by atomic mass is 19.1. The molecular formula is C21H21FN2O6. The average Bonchev–Trinajstić information content (AvgIpc) is 3.29. The second kappa shape index (κ2) is 10.4. The van der Waals surface area contributed by atoms with Gasteiger partial charge in [0.1, 0.15) is 18.2 Å². The molecule has 2 N–H and O–H groups in total. The van der Waals surface area contributed by atoms with E-state index in [0.717, 1.165) is 25.5 Å². The van der Waals surface area contributed by atoms with Gasteiger partial charge in [-0.25, -0.2) is 9.18 Å². The Kier molecular flexibility index (Phi) is 7.34. The molecule has 30 heavy (non-hydrogen) atoms. The highest BCUT2D eigenvalue weighted by Crippen LogP contribution is 2.17. The third-order valence-electron chi connectivity index (χ3n) is 4.32. The smallest absolute Gasteiger partial charge is 0.338 e. The lowest BCUT2D eigenvalue weighted by Gasteiger charge is -2.11. The third kappa shape index (κ3) is 6.02. The predicted octanol–water partition coefficient (Wildman–Crippen LogP) is 2.00. The number of amides is 2. The first-order valence-electron chi connectivity index (χ1n) is 9.38. The number of halogens is 1. The normalized spacial score (nSPS) is 15.3. The summed E-state index contributed by atoms with van der Waals surface area (Å²) < 4.78 is 29.5. The Hall–Kier alpha value is -3.46. The van der Waals surface area contributed by atoms with E-state index < -0.39 is 30.2 Å². The van der Waals surface area contributed by atoms with Crippen LogP contribution in [0.2, 0.25) is 0 Å². The minimum Gasteiger partial charge on any atom is -0.491 e. The third-order valence-corrected chi connectivity index (χ3v) is 4.32. The summed E-state index contributed by atoms with van der Waals surface area (Å²) in [5.41, 5.74) is 4.12. The van der Waals surface area contributed by atoms with Crippen molar-refractivity contribution in [3.63, 3.8) is 0 Å². The van der Waals surface area contributed by atoms with Gasteiger partial charge in [0.05, 0.1) is 17.2 Å². The van der Waals surface area contributed by atoms with Gasteiger partial charge >= 0.3 is 5.97 Å². The van der Waals surface area contributed by atoms with Gasteiger partial charge in [0, 0.05) is 6.61 Å². The highest BCUT2D eigenvalue weighted by molar-refractivity contribution is 5.96. The fourth-order valence-corrected chi connectivity index (χ4v) is 2.74. The van der Waals surface area contributed by atoms with Crippen LogP contribution in [-0.4, -0.2) is 43.7 Å². The quantitative estimate of drug-likeness (QED) is 0.529. The Morgan fingerprint density at radius 3 is 2.53 bits per heavy atom. The summed E-state index contributed by atoms with van der Waals surface area (Å²) in [5, 5.41) is 0. The topological polar surface area (TPSA) is 103 Å². The average molecular weight is 416 g/mol. The number of hydrogen-bond donors (Lipinski definition) is 2. The van der Waals surface area contributed by atoms with Gasteiger partial charge in [0.2, 0.25) is 0 Å². The first-order valence-corrected chi connectivity index (χ1v) is 9.38. The van der Waals surface area contributed by atoms with Crippen LogP contribution in [0.3, 0.4) is 0 Å². The zero-order valence-electron chi connectivity index (χ0n) is 16.1. The second-order valence-corrected chi connectivity index (χ2v) is 6.53. The van der Waals surface area contributed by atoms with E-state index in [1.807, 2.05) is 0 Å². The van der Waals surface area contributed by atoms with E-state index in [9.17, 15) is 18.8 Å². The number of rotatable bonds is 7. The van der Waals surface area contributed by atoms with Crippen LogP contribution in [0.5, 0.6) is 5.75 Å². The van der Waals surface area contributed by atoms with Gasteiger partial charge in [-0.05, 0) is 49.2 Å². The number of carbonyl (C=O) groups excluding carboxylic acids is 3. The molecule has 1 fully saturated rings. The van der Waals surface area contributed by atoms with Gasteiger partial charge in [0.25, 0.3) is 11.8 Å². The molecule has 1 aliphatic heterocycles. The van der Waals surface area contributed by atoms with Gasteiger partial charge in [-0.1, -0.05) is 12.1 Å². The molecule has 0 aromatic heterocycles. The van der Waals surface area contributed by atoms with Crippen molar-refractivity contribution in [3.8, 4) is 5.75 Å². The molecule has 1 saturated heterocycles. The predicted molar refractivity (Wildman–Crippen MR) is 103 cm³/mol. The second-order valence-electron chi connectivity index (χ2n) is 6.53. The number of carbonyl (C=O) groups is 3. The van der Waals surface area contributed by atoms with Crippen LogP contribution >= 0.6 is 0 Å². The maximum absolute atomic E-state index is 13.5. The van der Waals surface area contributed by atoms with E-state index in [2.05, 4.69) is 10.9 Å². The van der Waals surface area contributed by atoms with Crippen molar-refractivity contribution in [2.24, 2.45) is 0 Å². The molecule has 0 bridgehead atoms. The van der Waals surface area contributed by atoms with Crippen molar-refractivity contribution in [2.75, 3.05) is 19.8 Å². The summed E-state index contributed by atoms with van der Waals surface area (Å²) in [6, 6.07) is 11.6. The Morgan fingerprint density at radius 1 is 1.07 bits per heavy atom. The van der Waals surface area contributed by atoms with Crippen LogP contribution < -0.4 is 15.6 Å². The van der Waals surface area contributed by atoms with Gasteiger partial charge in [-0.3, -0.25) is 20.4 Å². The summed E-state index contributed by atoms with van der Waals surface area (Å²) in [7, 11) is 0. The Morgan fingerprint density at radius 2 is 1.83 bits per heavy atom. The molecule has 0 aliphatic carbocycles. The highest BCUT2D eigenvalue weighted by Gasteiger charge is 2.16. The molecule has 2 aromatic rings. The summed E-state index contributed by atoms with van der Waals surface area (Å²) in [6.07, 6.45) is 2.08. The monoisotopic (exact) mass is 416 g/mol.